The van der Waals surface area contributed by atoms with E-state index in [-0.39, 0.29) is 36.4 Å². The number of fused-ring (bicyclic) bond motifs is 1. The average Bonchev–Trinajstić information content (AvgIpc) is 2.03. The lowest BCUT2D eigenvalue weighted by Gasteiger charge is -2.18. The molecule has 0 aromatic carbocycles. The number of nitrogens with two attached hydrogens (primary N) is 1. The van der Waals surface area contributed by atoms with Gasteiger partial charge in [-0.1, -0.05) is 0 Å². The summed E-state index contributed by atoms with van der Waals surface area (Å²) in [6.07, 6.45) is 2.63. The van der Waals surface area contributed by atoms with Gasteiger partial charge >= 0.3 is 0 Å². The minimum Gasteiger partial charge on any atom is -0.327 e. The molecule has 0 saturated heterocycles. The summed E-state index contributed by atoms with van der Waals surface area (Å²) in [5.41, 5.74) is 7.63. The van der Waals surface area contributed by atoms with E-state index >= 15 is 0 Å². The van der Waals surface area contributed by atoms with Crippen LogP contribution in [0.15, 0.2) is 10.9 Å². The summed E-state index contributed by atoms with van der Waals surface area (Å²) in [5, 5.41) is 6.39. The first-order valence-electron chi connectivity index (χ1n) is 4.09. The molecule has 2 rings (SSSR count). The molecule has 14 heavy (non-hydrogen) atoms. The summed E-state index contributed by atoms with van der Waals surface area (Å²) in [7, 11) is 0. The largest absolute Gasteiger partial charge is 0.327 e. The second-order valence-corrected chi connectivity index (χ2v) is 3.21. The van der Waals surface area contributed by atoms with Crippen LogP contribution in [0.4, 0.5) is 0 Å². The maximum Gasteiger partial charge on any atom is 0.264 e. The molecule has 1 aliphatic rings. The Morgan fingerprint density at radius 3 is 2.93 bits per heavy atom. The summed E-state index contributed by atoms with van der Waals surface area (Å²) < 4.78 is 0. The minimum absolute atomic E-state index is 0. The van der Waals surface area contributed by atoms with Crippen LogP contribution in [0.1, 0.15) is 17.7 Å². The fourth-order valence-corrected chi connectivity index (χ4v) is 1.57. The van der Waals surface area contributed by atoms with Crippen LogP contribution in [0.25, 0.3) is 0 Å². The van der Waals surface area contributed by atoms with Crippen molar-refractivity contribution in [1.82, 2.24) is 10.2 Å². The normalized spacial score (nSPS) is 18.8. The van der Waals surface area contributed by atoms with Crippen molar-refractivity contribution < 1.29 is 0 Å². The first-order chi connectivity index (χ1) is 5.75. The number of aromatic amines is 1. The van der Waals surface area contributed by atoms with E-state index in [9.17, 15) is 4.79 Å². The monoisotopic (exact) mass is 237 g/mol. The third-order valence-corrected chi connectivity index (χ3v) is 2.21. The molecular formula is C8H13Cl2N3O. The van der Waals surface area contributed by atoms with E-state index < -0.39 is 0 Å². The number of aryl methyl sites for hydroxylation is 1. The lowest BCUT2D eigenvalue weighted by Crippen LogP contribution is -2.30. The molecule has 0 spiro atoms. The molecule has 1 aliphatic carbocycles. The topological polar surface area (TPSA) is 71.8 Å². The zero-order valence-electron chi connectivity index (χ0n) is 7.53. The van der Waals surface area contributed by atoms with Crippen molar-refractivity contribution in [3.63, 3.8) is 0 Å². The molecule has 6 heteroatoms. The maximum atomic E-state index is 10.9. The summed E-state index contributed by atoms with van der Waals surface area (Å²) in [5.74, 6) is 0. The van der Waals surface area contributed by atoms with Crippen molar-refractivity contribution in [2.45, 2.75) is 25.3 Å². The van der Waals surface area contributed by atoms with Gasteiger partial charge in [0.1, 0.15) is 0 Å². The minimum atomic E-state index is -0.136. The molecule has 0 saturated carbocycles. The van der Waals surface area contributed by atoms with Gasteiger partial charge in [-0.3, -0.25) is 4.79 Å². The van der Waals surface area contributed by atoms with Gasteiger partial charge in [-0.15, -0.1) is 24.8 Å². The summed E-state index contributed by atoms with van der Waals surface area (Å²) in [4.78, 5) is 10.9. The predicted molar refractivity (Wildman–Crippen MR) is 59.4 cm³/mol. The second kappa shape index (κ2) is 5.34. The molecule has 80 valence electrons. The number of H-pyrrole nitrogens is 1. The molecule has 3 N–H and O–H groups in total. The third kappa shape index (κ3) is 2.70. The molecule has 0 radical (unpaired) electrons. The predicted octanol–water partition coefficient (Wildman–Crippen LogP) is 0.429. The van der Waals surface area contributed by atoms with E-state index in [1.54, 1.807) is 6.07 Å². The van der Waals surface area contributed by atoms with Crippen LogP contribution in [-0.4, -0.2) is 16.2 Å². The molecule has 0 amide bonds. The molecular weight excluding hydrogens is 225 g/mol. The van der Waals surface area contributed by atoms with Crippen molar-refractivity contribution in [1.29, 1.82) is 0 Å². The summed E-state index contributed by atoms with van der Waals surface area (Å²) in [6, 6.07) is 1.79. The van der Waals surface area contributed by atoms with Crippen molar-refractivity contribution in [2.75, 3.05) is 0 Å². The van der Waals surface area contributed by atoms with Crippen LogP contribution in [0.2, 0.25) is 0 Å². The first-order valence-corrected chi connectivity index (χ1v) is 4.09. The van der Waals surface area contributed by atoms with Crippen molar-refractivity contribution in [3.05, 3.63) is 27.7 Å². The number of nitrogens with zero attached hydrogens (tertiary/aromatic N) is 1. The Morgan fingerprint density at radius 1 is 1.50 bits per heavy atom. The Morgan fingerprint density at radius 2 is 2.21 bits per heavy atom. The maximum absolute atomic E-state index is 10.9. The van der Waals surface area contributed by atoms with Gasteiger partial charge in [0.05, 0.1) is 5.69 Å². The number of aromatic nitrogens is 2. The van der Waals surface area contributed by atoms with Crippen LogP contribution < -0.4 is 11.3 Å². The van der Waals surface area contributed by atoms with E-state index in [2.05, 4.69) is 10.2 Å². The first kappa shape index (κ1) is 13.4. The number of halogens is 2. The Balaban J connectivity index is 0.000000845. The van der Waals surface area contributed by atoms with E-state index in [4.69, 9.17) is 5.73 Å². The quantitative estimate of drug-likeness (QED) is 0.688. The fraction of sp³-hybridized carbons (Fsp3) is 0.500. The SMILES string of the molecule is Cl.Cl.NC1CCc2n[nH]c(=O)cc2C1. The molecule has 1 aromatic rings. The van der Waals surface area contributed by atoms with Crippen LogP contribution in [0.5, 0.6) is 0 Å². The average molecular weight is 238 g/mol. The highest BCUT2D eigenvalue weighted by Gasteiger charge is 2.16. The zero-order chi connectivity index (χ0) is 8.55. The van der Waals surface area contributed by atoms with E-state index in [1.807, 2.05) is 0 Å². The third-order valence-electron chi connectivity index (χ3n) is 2.21. The van der Waals surface area contributed by atoms with Crippen LogP contribution in [0.3, 0.4) is 0 Å². The highest BCUT2D eigenvalue weighted by molar-refractivity contribution is 5.85. The van der Waals surface area contributed by atoms with Gasteiger partial charge in [0.15, 0.2) is 0 Å². The van der Waals surface area contributed by atoms with Gasteiger partial charge in [0.25, 0.3) is 5.56 Å². The van der Waals surface area contributed by atoms with Gasteiger partial charge in [-0.05, 0) is 24.8 Å². The van der Waals surface area contributed by atoms with Crippen molar-refractivity contribution in [2.24, 2.45) is 5.73 Å². The summed E-state index contributed by atoms with van der Waals surface area (Å²) >= 11 is 0. The summed E-state index contributed by atoms with van der Waals surface area (Å²) in [6.45, 7) is 0. The molecule has 1 aromatic heterocycles. The van der Waals surface area contributed by atoms with E-state index in [1.165, 1.54) is 0 Å². The second-order valence-electron chi connectivity index (χ2n) is 3.21. The van der Waals surface area contributed by atoms with Gasteiger partial charge in [-0.25, -0.2) is 5.10 Å². The number of nitrogens with one attached hydrogen (secondary N) is 1. The molecule has 1 unspecified atom stereocenters. The highest BCUT2D eigenvalue weighted by atomic mass is 35.5. The number of rotatable bonds is 0. The molecule has 1 heterocycles. The lowest BCUT2D eigenvalue weighted by atomic mass is 9.93. The van der Waals surface area contributed by atoms with Gasteiger partial charge in [-0.2, -0.15) is 5.10 Å². The molecule has 0 bridgehead atoms. The van der Waals surface area contributed by atoms with Gasteiger partial charge in [0, 0.05) is 12.1 Å². The standard InChI is InChI=1S/C8H11N3O.2ClH/c9-6-1-2-7-5(3-6)4-8(12)11-10-7;;/h4,6H,1-3,9H2,(H,11,12);2*1H. The van der Waals surface area contributed by atoms with E-state index in [0.29, 0.717) is 0 Å². The molecule has 1 atom stereocenters. The van der Waals surface area contributed by atoms with Crippen molar-refractivity contribution >= 4 is 24.8 Å². The molecule has 0 fully saturated rings. The Hall–Kier alpha value is -0.580. The van der Waals surface area contributed by atoms with E-state index in [0.717, 1.165) is 30.5 Å². The Labute approximate surface area is 94.1 Å². The fourth-order valence-electron chi connectivity index (χ4n) is 1.57. The van der Waals surface area contributed by atoms with Crippen molar-refractivity contribution in [3.8, 4) is 0 Å². The molecule has 0 aliphatic heterocycles. The highest BCUT2D eigenvalue weighted by Crippen LogP contribution is 2.15. The Kier molecular flexibility index (Phi) is 5.12. The Bertz CT molecular complexity index is 353. The zero-order valence-corrected chi connectivity index (χ0v) is 9.16. The number of hydrogen-bond donors (Lipinski definition) is 2. The van der Waals surface area contributed by atoms with Gasteiger partial charge < -0.3 is 5.73 Å². The number of hydrogen-bond acceptors (Lipinski definition) is 3. The smallest absolute Gasteiger partial charge is 0.264 e. The van der Waals surface area contributed by atoms with Crippen LogP contribution in [0, 0.1) is 0 Å². The van der Waals surface area contributed by atoms with Gasteiger partial charge in [0.2, 0.25) is 0 Å². The van der Waals surface area contributed by atoms with Crippen LogP contribution in [-0.2, 0) is 12.8 Å². The van der Waals surface area contributed by atoms with Crippen LogP contribution >= 0.6 is 24.8 Å². The molecule has 4 nitrogen and oxygen atoms in total. The lowest BCUT2D eigenvalue weighted by molar-refractivity contribution is 0.559.